The topological polar surface area (TPSA) is 141 Å². The van der Waals surface area contributed by atoms with Gasteiger partial charge in [-0.3, -0.25) is 14.6 Å². The third-order valence-corrected chi connectivity index (χ3v) is 7.90. The first-order valence-electron chi connectivity index (χ1n) is 14.1. The van der Waals surface area contributed by atoms with E-state index in [0.717, 1.165) is 48.3 Å². The summed E-state index contributed by atoms with van der Waals surface area (Å²) in [7, 11) is 0. The van der Waals surface area contributed by atoms with Gasteiger partial charge in [0.15, 0.2) is 12.0 Å². The maximum Gasteiger partial charge on any atom is 0.331 e. The molecule has 1 fully saturated rings. The number of nitrogens with two attached hydrogens (primary N) is 1. The van der Waals surface area contributed by atoms with Gasteiger partial charge in [-0.15, -0.1) is 0 Å². The lowest BCUT2D eigenvalue weighted by molar-refractivity contribution is -0.113. The molecule has 4 heterocycles. The van der Waals surface area contributed by atoms with Crippen LogP contribution in [-0.4, -0.2) is 61.9 Å². The lowest BCUT2D eigenvalue weighted by Crippen LogP contribution is -2.55. The fraction of sp³-hybridized carbons (Fsp3) is 0.290. The van der Waals surface area contributed by atoms with E-state index in [9.17, 15) is 14.7 Å². The number of amides is 3. The van der Waals surface area contributed by atoms with Gasteiger partial charge in [-0.2, -0.15) is 5.10 Å². The average Bonchev–Trinajstić information content (AvgIpc) is 3.39. The molecular weight excluding hydrogens is 532 g/mol. The Hall–Kier alpha value is -4.74. The number of carbonyl (C=O) groups excluding carboxylic acids is 2. The Morgan fingerprint density at radius 3 is 2.50 bits per heavy atom. The number of hydrogen-bond donors (Lipinski definition) is 4. The molecule has 3 amide bonds. The van der Waals surface area contributed by atoms with E-state index in [-0.39, 0.29) is 11.6 Å². The molecule has 2 aliphatic rings. The van der Waals surface area contributed by atoms with E-state index in [4.69, 9.17) is 5.73 Å². The quantitative estimate of drug-likeness (QED) is 0.277. The van der Waals surface area contributed by atoms with Crippen molar-refractivity contribution in [2.24, 2.45) is 0 Å². The van der Waals surface area contributed by atoms with Crippen molar-refractivity contribution in [3.63, 3.8) is 0 Å². The maximum absolute atomic E-state index is 13.4. The molecule has 2 aliphatic heterocycles. The van der Waals surface area contributed by atoms with Gasteiger partial charge in [-0.1, -0.05) is 30.3 Å². The van der Waals surface area contributed by atoms with Crippen molar-refractivity contribution in [2.45, 2.75) is 44.9 Å². The number of aliphatic hydroxyl groups is 1. The number of fused-ring (bicyclic) bond motifs is 1. The fourth-order valence-corrected chi connectivity index (χ4v) is 5.68. The van der Waals surface area contributed by atoms with E-state index in [1.807, 2.05) is 36.6 Å². The van der Waals surface area contributed by atoms with E-state index in [1.54, 1.807) is 36.4 Å². The first-order chi connectivity index (χ1) is 20.3. The van der Waals surface area contributed by atoms with Crippen LogP contribution in [0.15, 0.2) is 78.8 Å². The van der Waals surface area contributed by atoms with Gasteiger partial charge in [0, 0.05) is 40.8 Å². The largest absolute Gasteiger partial charge is 0.382 e. The van der Waals surface area contributed by atoms with Crippen LogP contribution in [0, 0.1) is 0 Å². The van der Waals surface area contributed by atoms with E-state index in [2.05, 4.69) is 26.8 Å². The van der Waals surface area contributed by atoms with Crippen molar-refractivity contribution in [3.8, 4) is 11.1 Å². The highest BCUT2D eigenvalue weighted by atomic mass is 16.3. The smallest absolute Gasteiger partial charge is 0.331 e. The summed E-state index contributed by atoms with van der Waals surface area (Å²) >= 11 is 0. The fourth-order valence-electron chi connectivity index (χ4n) is 5.68. The van der Waals surface area contributed by atoms with Crippen molar-refractivity contribution < 1.29 is 14.7 Å². The van der Waals surface area contributed by atoms with E-state index in [1.165, 1.54) is 22.3 Å². The predicted octanol–water partition coefficient (Wildman–Crippen LogP) is 3.94. The molecule has 0 bridgehead atoms. The molecular formula is C31H34N8O3. The normalized spacial score (nSPS) is 18.0. The maximum atomic E-state index is 13.4. The van der Waals surface area contributed by atoms with Crippen molar-refractivity contribution in [1.29, 1.82) is 0 Å². The van der Waals surface area contributed by atoms with Crippen LogP contribution in [0.1, 0.15) is 38.3 Å². The third-order valence-electron chi connectivity index (χ3n) is 7.90. The van der Waals surface area contributed by atoms with Crippen LogP contribution in [0.25, 0.3) is 16.6 Å². The molecule has 0 aliphatic carbocycles. The minimum absolute atomic E-state index is 0.0613. The van der Waals surface area contributed by atoms with Crippen LogP contribution in [0.2, 0.25) is 0 Å². The number of hydrogen-bond acceptors (Lipinski definition) is 7. The number of para-hydroxylation sites is 1. The Kier molecular flexibility index (Phi) is 7.36. The molecule has 1 unspecified atom stereocenters. The Balaban J connectivity index is 1.27. The molecule has 216 valence electrons. The third kappa shape index (κ3) is 4.97. The standard InChI is InChI=1S/C31H34N8O3/c1-19(2)37-17-25(30(41)38(31(37)42)23-6-4-3-5-7-23)29(40)36-22-10-8-20(9-11-22)24-16-26(21-12-14-33-15-13-21)39-27(24)28(32)34-18-35-39/h3-11,16-19,21,30,33,41H,12-15H2,1-2H3,(H,36,40)(H2,32,34,35). The predicted molar refractivity (Wildman–Crippen MR) is 162 cm³/mol. The van der Waals surface area contributed by atoms with Crippen LogP contribution in [0.5, 0.6) is 0 Å². The molecule has 2 aromatic heterocycles. The number of nitrogens with one attached hydrogen (secondary N) is 2. The summed E-state index contributed by atoms with van der Waals surface area (Å²) in [6.07, 6.45) is 3.50. The first kappa shape index (κ1) is 27.4. The minimum Gasteiger partial charge on any atom is -0.382 e. The number of aromatic nitrogens is 3. The summed E-state index contributed by atoms with van der Waals surface area (Å²) in [6.45, 7) is 5.62. The SMILES string of the molecule is CC(C)N1C=C(C(=O)Nc2ccc(-c3cc(C4CCNCC4)n4ncnc(N)c34)cc2)C(O)N(c2ccccc2)C1=O. The lowest BCUT2D eigenvalue weighted by atomic mass is 9.94. The molecule has 1 saturated heterocycles. The highest BCUT2D eigenvalue weighted by Crippen LogP contribution is 2.36. The lowest BCUT2D eigenvalue weighted by Gasteiger charge is -2.39. The molecule has 2 aromatic carbocycles. The summed E-state index contributed by atoms with van der Waals surface area (Å²) in [5, 5.41) is 22.0. The highest BCUT2D eigenvalue weighted by Gasteiger charge is 2.38. The number of nitrogen functional groups attached to an aromatic ring is 1. The van der Waals surface area contributed by atoms with E-state index >= 15 is 0 Å². The van der Waals surface area contributed by atoms with Gasteiger partial charge in [0.2, 0.25) is 0 Å². The number of nitrogens with zero attached hydrogens (tertiary/aromatic N) is 5. The Morgan fingerprint density at radius 1 is 1.10 bits per heavy atom. The number of piperidine rings is 1. The van der Waals surface area contributed by atoms with E-state index < -0.39 is 18.2 Å². The summed E-state index contributed by atoms with van der Waals surface area (Å²) in [5.74, 6) is 0.265. The molecule has 0 radical (unpaired) electrons. The monoisotopic (exact) mass is 566 g/mol. The van der Waals surface area contributed by atoms with Gasteiger partial charge in [0.25, 0.3) is 5.91 Å². The molecule has 11 nitrogen and oxygen atoms in total. The Bertz CT molecular complexity index is 1640. The summed E-state index contributed by atoms with van der Waals surface area (Å²) < 4.78 is 1.90. The Morgan fingerprint density at radius 2 is 1.81 bits per heavy atom. The number of urea groups is 1. The summed E-state index contributed by atoms with van der Waals surface area (Å²) in [6, 6.07) is 17.8. The van der Waals surface area contributed by atoms with Gasteiger partial charge in [-0.25, -0.2) is 14.3 Å². The van der Waals surface area contributed by atoms with Crippen LogP contribution >= 0.6 is 0 Å². The van der Waals surface area contributed by atoms with Gasteiger partial charge >= 0.3 is 6.03 Å². The first-order valence-corrected chi connectivity index (χ1v) is 14.1. The number of anilines is 3. The van der Waals surface area contributed by atoms with Crippen LogP contribution < -0.4 is 21.3 Å². The summed E-state index contributed by atoms with van der Waals surface area (Å²) in [4.78, 5) is 33.5. The summed E-state index contributed by atoms with van der Waals surface area (Å²) in [5.41, 5.74) is 11.1. The molecule has 0 saturated carbocycles. The van der Waals surface area contributed by atoms with E-state index in [0.29, 0.717) is 23.1 Å². The van der Waals surface area contributed by atoms with Crippen LogP contribution in [0.4, 0.5) is 22.0 Å². The van der Waals surface area contributed by atoms with Gasteiger partial charge in [0.05, 0.1) is 5.57 Å². The highest BCUT2D eigenvalue weighted by molar-refractivity contribution is 6.08. The van der Waals surface area contributed by atoms with Crippen molar-refractivity contribution in [3.05, 3.63) is 84.5 Å². The van der Waals surface area contributed by atoms with Gasteiger partial charge in [0.1, 0.15) is 11.8 Å². The second-order valence-corrected chi connectivity index (χ2v) is 10.9. The van der Waals surface area contributed by atoms with Gasteiger partial charge < -0.3 is 21.5 Å². The zero-order valence-corrected chi connectivity index (χ0v) is 23.6. The second kappa shape index (κ2) is 11.3. The van der Waals surface area contributed by atoms with Crippen molar-refractivity contribution in [1.82, 2.24) is 24.8 Å². The number of carbonyl (C=O) groups is 2. The zero-order valence-electron chi connectivity index (χ0n) is 23.6. The van der Waals surface area contributed by atoms with Crippen molar-refractivity contribution >= 4 is 34.6 Å². The zero-order chi connectivity index (χ0) is 29.4. The molecule has 1 atom stereocenters. The minimum atomic E-state index is -1.45. The molecule has 0 spiro atoms. The van der Waals surface area contributed by atoms with Crippen LogP contribution in [0.3, 0.4) is 0 Å². The second-order valence-electron chi connectivity index (χ2n) is 10.9. The van der Waals surface area contributed by atoms with Crippen LogP contribution in [-0.2, 0) is 4.79 Å². The average molecular weight is 567 g/mol. The van der Waals surface area contributed by atoms with Gasteiger partial charge in [-0.05, 0) is 75.7 Å². The molecule has 42 heavy (non-hydrogen) atoms. The van der Waals surface area contributed by atoms with Crippen molar-refractivity contribution in [2.75, 3.05) is 29.0 Å². The molecule has 5 N–H and O–H groups in total. The number of rotatable bonds is 6. The molecule has 6 rings (SSSR count). The molecule has 4 aromatic rings. The molecule has 11 heteroatoms. The Labute approximate surface area is 243 Å². The number of aliphatic hydroxyl groups excluding tert-OH is 1. The number of benzene rings is 2.